The van der Waals surface area contributed by atoms with Gasteiger partial charge in [0.15, 0.2) is 0 Å². The number of halogens is 1. The average Bonchev–Trinajstić information content (AvgIpc) is 2.23. The lowest BCUT2D eigenvalue weighted by Crippen LogP contribution is -2.34. The second kappa shape index (κ2) is 3.70. The van der Waals surface area contributed by atoms with Crippen molar-refractivity contribution in [2.24, 2.45) is 0 Å². The van der Waals surface area contributed by atoms with Gasteiger partial charge in [-0.3, -0.25) is 0 Å². The molecule has 1 heterocycles. The summed E-state index contributed by atoms with van der Waals surface area (Å²) in [5, 5.41) is 3.45. The number of benzene rings is 1. The zero-order valence-corrected chi connectivity index (χ0v) is 8.68. The maximum Gasteiger partial charge on any atom is 0.126 e. The minimum absolute atomic E-state index is 0.0507. The molecule has 0 aliphatic carbocycles. The Labute approximate surface area is 84.3 Å². The number of nitrogens with one attached hydrogen (secondary N) is 1. The number of rotatable bonds is 0. The first-order valence-electron chi connectivity index (χ1n) is 5.19. The van der Waals surface area contributed by atoms with Gasteiger partial charge in [-0.1, -0.05) is 12.1 Å². The van der Waals surface area contributed by atoms with Crippen LogP contribution in [-0.4, -0.2) is 12.1 Å². The summed E-state index contributed by atoms with van der Waals surface area (Å²) >= 11 is 0. The predicted octanol–water partition coefficient (Wildman–Crippen LogP) is 2.29. The van der Waals surface area contributed by atoms with Crippen LogP contribution in [0.1, 0.15) is 25.0 Å². The van der Waals surface area contributed by atoms with Crippen molar-refractivity contribution in [2.75, 3.05) is 0 Å². The molecule has 1 nitrogen and oxygen atoms in total. The molecule has 0 aromatic heterocycles. The van der Waals surface area contributed by atoms with E-state index in [1.807, 2.05) is 6.07 Å². The van der Waals surface area contributed by atoms with Crippen molar-refractivity contribution in [3.05, 3.63) is 35.1 Å². The number of hydrogen-bond donors (Lipinski definition) is 1. The highest BCUT2D eigenvalue weighted by molar-refractivity contribution is 5.31. The van der Waals surface area contributed by atoms with E-state index in [4.69, 9.17) is 0 Å². The molecule has 0 saturated heterocycles. The third kappa shape index (κ3) is 1.80. The van der Waals surface area contributed by atoms with Gasteiger partial charge in [0.05, 0.1) is 0 Å². The molecule has 1 aliphatic heterocycles. The van der Waals surface area contributed by atoms with E-state index < -0.39 is 0 Å². The van der Waals surface area contributed by atoms with Crippen molar-refractivity contribution in [1.82, 2.24) is 5.32 Å². The minimum atomic E-state index is -0.0507. The number of hydrogen-bond acceptors (Lipinski definition) is 1. The predicted molar refractivity (Wildman–Crippen MR) is 55.9 cm³/mol. The molecule has 2 heteroatoms. The molecular weight excluding hydrogens is 177 g/mol. The lowest BCUT2D eigenvalue weighted by molar-refractivity contribution is 0.477. The maximum absolute atomic E-state index is 13.5. The third-order valence-electron chi connectivity index (χ3n) is 2.82. The SMILES string of the molecule is CC1Cc2cccc(F)c2CC(C)N1. The van der Waals surface area contributed by atoms with Crippen LogP contribution in [0.5, 0.6) is 0 Å². The Hall–Kier alpha value is -0.890. The second-order valence-corrected chi connectivity index (χ2v) is 4.25. The molecule has 1 aliphatic rings. The largest absolute Gasteiger partial charge is 0.311 e. The Morgan fingerprint density at radius 1 is 1.21 bits per heavy atom. The van der Waals surface area contributed by atoms with Crippen LogP contribution in [0.15, 0.2) is 18.2 Å². The van der Waals surface area contributed by atoms with Crippen molar-refractivity contribution in [2.45, 2.75) is 38.8 Å². The Balaban J connectivity index is 2.41. The van der Waals surface area contributed by atoms with Gasteiger partial charge in [-0.2, -0.15) is 0 Å². The monoisotopic (exact) mass is 193 g/mol. The summed E-state index contributed by atoms with van der Waals surface area (Å²) in [6.45, 7) is 4.26. The Bertz CT molecular complexity index is 335. The Kier molecular flexibility index (Phi) is 2.55. The maximum atomic E-state index is 13.5. The van der Waals surface area contributed by atoms with E-state index in [2.05, 4.69) is 19.2 Å². The summed E-state index contributed by atoms with van der Waals surface area (Å²) in [5.74, 6) is -0.0507. The van der Waals surface area contributed by atoms with E-state index in [1.54, 1.807) is 12.1 Å². The van der Waals surface area contributed by atoms with Crippen molar-refractivity contribution >= 4 is 0 Å². The molecule has 2 unspecified atom stereocenters. The fraction of sp³-hybridized carbons (Fsp3) is 0.500. The standard InChI is InChI=1S/C12H16FN/c1-8-6-10-4-3-5-12(13)11(10)7-9(2)14-8/h3-5,8-9,14H,6-7H2,1-2H3. The summed E-state index contributed by atoms with van der Waals surface area (Å²) < 4.78 is 13.5. The zero-order valence-electron chi connectivity index (χ0n) is 8.68. The lowest BCUT2D eigenvalue weighted by Gasteiger charge is -2.14. The van der Waals surface area contributed by atoms with Crippen LogP contribution in [0.4, 0.5) is 4.39 Å². The summed E-state index contributed by atoms with van der Waals surface area (Å²) in [4.78, 5) is 0. The van der Waals surface area contributed by atoms with Crippen LogP contribution >= 0.6 is 0 Å². The van der Waals surface area contributed by atoms with Crippen LogP contribution in [0.25, 0.3) is 0 Å². The summed E-state index contributed by atoms with van der Waals surface area (Å²) in [6.07, 6.45) is 1.73. The fourth-order valence-corrected chi connectivity index (χ4v) is 2.26. The van der Waals surface area contributed by atoms with Crippen LogP contribution in [0.3, 0.4) is 0 Å². The van der Waals surface area contributed by atoms with Gasteiger partial charge in [0.2, 0.25) is 0 Å². The van der Waals surface area contributed by atoms with Gasteiger partial charge in [0.25, 0.3) is 0 Å². The Morgan fingerprint density at radius 3 is 2.71 bits per heavy atom. The lowest BCUT2D eigenvalue weighted by atomic mass is 9.99. The van der Waals surface area contributed by atoms with Crippen LogP contribution in [0.2, 0.25) is 0 Å². The molecule has 0 saturated carbocycles. The smallest absolute Gasteiger partial charge is 0.126 e. The van der Waals surface area contributed by atoms with Gasteiger partial charge in [0.1, 0.15) is 5.82 Å². The molecule has 76 valence electrons. The molecule has 0 radical (unpaired) electrons. The molecule has 0 spiro atoms. The molecule has 1 aromatic rings. The first-order chi connectivity index (χ1) is 6.66. The summed E-state index contributed by atoms with van der Waals surface area (Å²) in [7, 11) is 0. The first kappa shape index (κ1) is 9.66. The van der Waals surface area contributed by atoms with Gasteiger partial charge in [0, 0.05) is 12.1 Å². The molecular formula is C12H16FN. The second-order valence-electron chi connectivity index (χ2n) is 4.25. The molecule has 1 N–H and O–H groups in total. The quantitative estimate of drug-likeness (QED) is 0.666. The van der Waals surface area contributed by atoms with Gasteiger partial charge in [-0.05, 0) is 43.9 Å². The van der Waals surface area contributed by atoms with Crippen LogP contribution in [0, 0.1) is 5.82 Å². The molecule has 0 amide bonds. The summed E-state index contributed by atoms with van der Waals surface area (Å²) in [6, 6.07) is 6.20. The molecule has 0 fully saturated rings. The van der Waals surface area contributed by atoms with Crippen molar-refractivity contribution in [1.29, 1.82) is 0 Å². The van der Waals surface area contributed by atoms with E-state index >= 15 is 0 Å². The highest BCUT2D eigenvalue weighted by atomic mass is 19.1. The molecule has 2 atom stereocenters. The van der Waals surface area contributed by atoms with Crippen LogP contribution < -0.4 is 5.32 Å². The highest BCUT2D eigenvalue weighted by Gasteiger charge is 2.19. The van der Waals surface area contributed by atoms with Crippen molar-refractivity contribution in [3.8, 4) is 0 Å². The number of fused-ring (bicyclic) bond motifs is 1. The first-order valence-corrected chi connectivity index (χ1v) is 5.19. The topological polar surface area (TPSA) is 12.0 Å². The van der Waals surface area contributed by atoms with Gasteiger partial charge >= 0.3 is 0 Å². The normalized spacial score (nSPS) is 26.8. The minimum Gasteiger partial charge on any atom is -0.311 e. The molecule has 0 bridgehead atoms. The third-order valence-corrected chi connectivity index (χ3v) is 2.82. The van der Waals surface area contributed by atoms with E-state index in [9.17, 15) is 4.39 Å². The van der Waals surface area contributed by atoms with Crippen LogP contribution in [-0.2, 0) is 12.8 Å². The van der Waals surface area contributed by atoms with E-state index in [-0.39, 0.29) is 5.82 Å². The van der Waals surface area contributed by atoms with Gasteiger partial charge < -0.3 is 5.32 Å². The molecule has 1 aromatic carbocycles. The van der Waals surface area contributed by atoms with Crippen molar-refractivity contribution in [3.63, 3.8) is 0 Å². The average molecular weight is 193 g/mol. The van der Waals surface area contributed by atoms with Gasteiger partial charge in [-0.25, -0.2) is 4.39 Å². The highest BCUT2D eigenvalue weighted by Crippen LogP contribution is 2.20. The zero-order chi connectivity index (χ0) is 10.1. The van der Waals surface area contributed by atoms with E-state index in [0.29, 0.717) is 12.1 Å². The van der Waals surface area contributed by atoms with E-state index in [1.165, 1.54) is 0 Å². The Morgan fingerprint density at radius 2 is 1.93 bits per heavy atom. The van der Waals surface area contributed by atoms with Gasteiger partial charge in [-0.15, -0.1) is 0 Å². The fourth-order valence-electron chi connectivity index (χ4n) is 2.26. The summed E-state index contributed by atoms with van der Waals surface area (Å²) in [5.41, 5.74) is 2.06. The van der Waals surface area contributed by atoms with E-state index in [0.717, 1.165) is 24.0 Å². The molecule has 14 heavy (non-hydrogen) atoms. The van der Waals surface area contributed by atoms with Crippen molar-refractivity contribution < 1.29 is 4.39 Å². The molecule has 2 rings (SSSR count).